The van der Waals surface area contributed by atoms with Crippen molar-refractivity contribution in [2.75, 3.05) is 32.7 Å². The quantitative estimate of drug-likeness (QED) is 0.867. The van der Waals surface area contributed by atoms with Crippen molar-refractivity contribution < 1.29 is 9.18 Å². The summed E-state index contributed by atoms with van der Waals surface area (Å²) < 4.78 is 13.3. The Morgan fingerprint density at radius 3 is 2.77 bits per heavy atom. The van der Waals surface area contributed by atoms with Crippen LogP contribution >= 0.6 is 0 Å². The SMILES string of the molecule is O=C(CCN(Cc1cccc(F)c1)C1CC1)N1CCNCC1. The second-order valence-corrected chi connectivity index (χ2v) is 6.21. The zero-order valence-corrected chi connectivity index (χ0v) is 12.9. The van der Waals surface area contributed by atoms with Gasteiger partial charge in [0.25, 0.3) is 0 Å². The number of hydrogen-bond acceptors (Lipinski definition) is 3. The van der Waals surface area contributed by atoms with Gasteiger partial charge in [0.15, 0.2) is 0 Å². The normalized spacial score (nSPS) is 18.7. The first-order chi connectivity index (χ1) is 10.7. The van der Waals surface area contributed by atoms with E-state index in [1.807, 2.05) is 11.0 Å². The Morgan fingerprint density at radius 1 is 1.32 bits per heavy atom. The fourth-order valence-corrected chi connectivity index (χ4v) is 3.01. The lowest BCUT2D eigenvalue weighted by atomic mass is 10.2. The van der Waals surface area contributed by atoms with Gasteiger partial charge in [-0.2, -0.15) is 0 Å². The number of carbonyl (C=O) groups excluding carboxylic acids is 1. The predicted octanol–water partition coefficient (Wildman–Crippen LogP) is 1.61. The van der Waals surface area contributed by atoms with E-state index in [1.54, 1.807) is 12.1 Å². The molecule has 1 saturated heterocycles. The Morgan fingerprint density at radius 2 is 2.09 bits per heavy atom. The molecule has 0 atom stereocenters. The topological polar surface area (TPSA) is 35.6 Å². The van der Waals surface area contributed by atoms with Crippen LogP contribution in [0.5, 0.6) is 0 Å². The maximum Gasteiger partial charge on any atom is 0.223 e. The molecule has 1 N–H and O–H groups in total. The van der Waals surface area contributed by atoms with E-state index in [-0.39, 0.29) is 11.7 Å². The summed E-state index contributed by atoms with van der Waals surface area (Å²) in [6.45, 7) is 4.91. The first-order valence-electron chi connectivity index (χ1n) is 8.19. The van der Waals surface area contributed by atoms with Crippen LogP contribution in [0, 0.1) is 5.82 Å². The third-order valence-corrected chi connectivity index (χ3v) is 4.42. The van der Waals surface area contributed by atoms with Crippen LogP contribution < -0.4 is 5.32 Å². The lowest BCUT2D eigenvalue weighted by Crippen LogP contribution is -2.47. The molecule has 0 bridgehead atoms. The fraction of sp³-hybridized carbons (Fsp3) is 0.588. The molecule has 0 unspecified atom stereocenters. The maximum absolute atomic E-state index is 13.3. The van der Waals surface area contributed by atoms with Crippen molar-refractivity contribution in [1.29, 1.82) is 0 Å². The van der Waals surface area contributed by atoms with Crippen LogP contribution in [0.3, 0.4) is 0 Å². The van der Waals surface area contributed by atoms with Gasteiger partial charge in [-0.1, -0.05) is 12.1 Å². The highest BCUT2D eigenvalue weighted by atomic mass is 19.1. The number of amides is 1. The number of piperazine rings is 1. The molecule has 1 amide bonds. The lowest BCUT2D eigenvalue weighted by Gasteiger charge is -2.29. The van der Waals surface area contributed by atoms with Crippen LogP contribution in [0.4, 0.5) is 4.39 Å². The molecule has 3 rings (SSSR count). The molecule has 5 heteroatoms. The highest BCUT2D eigenvalue weighted by Gasteiger charge is 2.29. The molecule has 0 spiro atoms. The van der Waals surface area contributed by atoms with Crippen molar-refractivity contribution in [3.8, 4) is 0 Å². The van der Waals surface area contributed by atoms with Crippen LogP contribution in [0.15, 0.2) is 24.3 Å². The van der Waals surface area contributed by atoms with E-state index in [9.17, 15) is 9.18 Å². The van der Waals surface area contributed by atoms with Crippen molar-refractivity contribution in [1.82, 2.24) is 15.1 Å². The third-order valence-electron chi connectivity index (χ3n) is 4.42. The van der Waals surface area contributed by atoms with E-state index in [1.165, 1.54) is 18.9 Å². The standard InChI is InChI=1S/C17H24FN3O/c18-15-3-1-2-14(12-15)13-21(16-4-5-16)9-6-17(22)20-10-7-19-8-11-20/h1-3,12,16,19H,4-11,13H2. The number of nitrogens with one attached hydrogen (secondary N) is 1. The van der Waals surface area contributed by atoms with Gasteiger partial charge < -0.3 is 10.2 Å². The zero-order chi connectivity index (χ0) is 15.4. The van der Waals surface area contributed by atoms with Crippen LogP contribution in [0.2, 0.25) is 0 Å². The van der Waals surface area contributed by atoms with Crippen molar-refractivity contribution in [3.63, 3.8) is 0 Å². The Hall–Kier alpha value is -1.46. The number of nitrogens with zero attached hydrogens (tertiary/aromatic N) is 2. The van der Waals surface area contributed by atoms with Crippen molar-refractivity contribution in [2.24, 2.45) is 0 Å². The van der Waals surface area contributed by atoms with Gasteiger partial charge in [0.1, 0.15) is 5.82 Å². The van der Waals surface area contributed by atoms with Crippen LogP contribution in [-0.4, -0.2) is 54.5 Å². The van der Waals surface area contributed by atoms with E-state index in [2.05, 4.69) is 10.2 Å². The van der Waals surface area contributed by atoms with Gasteiger partial charge in [-0.15, -0.1) is 0 Å². The molecular formula is C17H24FN3O. The highest BCUT2D eigenvalue weighted by Crippen LogP contribution is 2.28. The van der Waals surface area contributed by atoms with E-state index < -0.39 is 0 Å². The number of benzene rings is 1. The summed E-state index contributed by atoms with van der Waals surface area (Å²) in [5.41, 5.74) is 0.988. The summed E-state index contributed by atoms with van der Waals surface area (Å²) in [5, 5.41) is 3.26. The van der Waals surface area contributed by atoms with Gasteiger partial charge in [0, 0.05) is 51.7 Å². The van der Waals surface area contributed by atoms with Crippen molar-refractivity contribution >= 4 is 5.91 Å². The molecule has 2 fully saturated rings. The predicted molar refractivity (Wildman–Crippen MR) is 83.9 cm³/mol. The number of rotatable bonds is 6. The molecule has 1 aromatic rings. The summed E-state index contributed by atoms with van der Waals surface area (Å²) in [7, 11) is 0. The molecule has 2 aliphatic rings. The molecule has 1 heterocycles. The summed E-state index contributed by atoms with van der Waals surface area (Å²) in [6.07, 6.45) is 2.94. The molecule has 4 nitrogen and oxygen atoms in total. The minimum absolute atomic E-state index is 0.190. The first kappa shape index (κ1) is 15.4. The minimum atomic E-state index is -0.190. The van der Waals surface area contributed by atoms with Crippen molar-refractivity contribution in [2.45, 2.75) is 31.8 Å². The number of halogens is 1. The summed E-state index contributed by atoms with van der Waals surface area (Å²) in [5.74, 6) is 0.0523. The van der Waals surface area contributed by atoms with E-state index in [4.69, 9.17) is 0 Å². The average molecular weight is 305 g/mol. The molecule has 120 valence electrons. The van der Waals surface area contributed by atoms with Crippen molar-refractivity contribution in [3.05, 3.63) is 35.6 Å². The Labute approximate surface area is 131 Å². The molecule has 1 aromatic carbocycles. The van der Waals surface area contributed by atoms with E-state index in [0.29, 0.717) is 12.5 Å². The molecule has 1 aliphatic heterocycles. The summed E-state index contributed by atoms with van der Waals surface area (Å²) in [6, 6.07) is 7.34. The molecule has 1 aliphatic carbocycles. The largest absolute Gasteiger partial charge is 0.340 e. The van der Waals surface area contributed by atoms with Gasteiger partial charge in [-0.3, -0.25) is 9.69 Å². The van der Waals surface area contributed by atoms with Gasteiger partial charge in [0.2, 0.25) is 5.91 Å². The Kier molecular flexibility index (Phi) is 5.05. The Balaban J connectivity index is 1.52. The highest BCUT2D eigenvalue weighted by molar-refractivity contribution is 5.76. The van der Waals surface area contributed by atoms with Crippen LogP contribution in [0.1, 0.15) is 24.8 Å². The van der Waals surface area contributed by atoms with Crippen LogP contribution in [0.25, 0.3) is 0 Å². The molecule has 0 aromatic heterocycles. The number of carbonyl (C=O) groups is 1. The Bertz CT molecular complexity index is 512. The maximum atomic E-state index is 13.3. The van der Waals surface area contributed by atoms with E-state index in [0.717, 1.165) is 44.8 Å². The second-order valence-electron chi connectivity index (χ2n) is 6.21. The number of hydrogen-bond donors (Lipinski definition) is 1. The molecule has 1 saturated carbocycles. The average Bonchev–Trinajstić information content (AvgIpc) is 3.37. The smallest absolute Gasteiger partial charge is 0.223 e. The molecule has 22 heavy (non-hydrogen) atoms. The zero-order valence-electron chi connectivity index (χ0n) is 12.9. The summed E-state index contributed by atoms with van der Waals surface area (Å²) in [4.78, 5) is 16.5. The van der Waals surface area contributed by atoms with Crippen LogP contribution in [-0.2, 0) is 11.3 Å². The van der Waals surface area contributed by atoms with Gasteiger partial charge >= 0.3 is 0 Å². The van der Waals surface area contributed by atoms with Gasteiger partial charge in [-0.25, -0.2) is 4.39 Å². The third kappa shape index (κ3) is 4.27. The summed E-state index contributed by atoms with van der Waals surface area (Å²) >= 11 is 0. The van der Waals surface area contributed by atoms with E-state index >= 15 is 0 Å². The fourth-order valence-electron chi connectivity index (χ4n) is 3.01. The second kappa shape index (κ2) is 7.20. The molecular weight excluding hydrogens is 281 g/mol. The van der Waals surface area contributed by atoms with Gasteiger partial charge in [0.05, 0.1) is 0 Å². The first-order valence-corrected chi connectivity index (χ1v) is 8.19. The lowest BCUT2D eigenvalue weighted by molar-refractivity contribution is -0.132. The molecule has 0 radical (unpaired) electrons. The van der Waals surface area contributed by atoms with Gasteiger partial charge in [-0.05, 0) is 30.5 Å². The monoisotopic (exact) mass is 305 g/mol. The minimum Gasteiger partial charge on any atom is -0.340 e.